The lowest BCUT2D eigenvalue weighted by atomic mass is 9.81. The number of carbonyl (C=O) groups is 4. The Morgan fingerprint density at radius 1 is 0.429 bits per heavy atom. The number of carbonyl (C=O) groups excluding carboxylic acids is 2. The van der Waals surface area contributed by atoms with Crippen molar-refractivity contribution in [2.45, 2.75) is 142 Å². The van der Waals surface area contributed by atoms with Crippen molar-refractivity contribution in [3.05, 3.63) is 70.8 Å². The summed E-state index contributed by atoms with van der Waals surface area (Å²) < 4.78 is 0. The molecule has 0 atom stereocenters. The van der Waals surface area contributed by atoms with E-state index in [1.54, 1.807) is 6.07 Å². The van der Waals surface area contributed by atoms with E-state index in [1.807, 2.05) is 36.4 Å². The summed E-state index contributed by atoms with van der Waals surface area (Å²) in [5, 5.41) is 31.9. The third kappa shape index (κ3) is 10.2. The van der Waals surface area contributed by atoms with Crippen LogP contribution in [0.25, 0.3) is 43.1 Å². The average Bonchev–Trinajstić information content (AvgIpc) is 3.19. The lowest BCUT2D eigenvalue weighted by molar-refractivity contribution is 0.0692. The molecular formula is C48H62N2O6. The van der Waals surface area contributed by atoms with Crippen LogP contribution >= 0.6 is 0 Å². The van der Waals surface area contributed by atoms with Gasteiger partial charge < -0.3 is 20.8 Å². The number of hydrogen-bond donors (Lipinski definition) is 4. The van der Waals surface area contributed by atoms with Gasteiger partial charge in [0, 0.05) is 23.9 Å². The molecule has 0 spiro atoms. The molecule has 8 nitrogen and oxygen atoms in total. The normalized spacial score (nSPS) is 11.6. The van der Waals surface area contributed by atoms with Crippen molar-refractivity contribution in [3.8, 4) is 0 Å². The molecule has 0 aliphatic heterocycles. The highest BCUT2D eigenvalue weighted by atomic mass is 16.4. The Hall–Kier alpha value is -4.72. The molecule has 0 aromatic heterocycles. The molecule has 0 unspecified atom stereocenters. The van der Waals surface area contributed by atoms with Crippen molar-refractivity contribution < 1.29 is 29.4 Å². The summed E-state index contributed by atoms with van der Waals surface area (Å²) in [4.78, 5) is 55.1. The lowest BCUT2D eigenvalue weighted by Crippen LogP contribution is -2.33. The van der Waals surface area contributed by atoms with E-state index < -0.39 is 29.3 Å². The molecule has 0 heterocycles. The summed E-state index contributed by atoms with van der Waals surface area (Å²) in [7, 11) is 0. The topological polar surface area (TPSA) is 133 Å². The third-order valence-electron chi connectivity index (χ3n) is 11.4. The molecule has 0 radical (unpaired) electrons. The highest BCUT2D eigenvalue weighted by molar-refractivity contribution is 6.40. The van der Waals surface area contributed by atoms with Gasteiger partial charge in [0.2, 0.25) is 0 Å². The van der Waals surface area contributed by atoms with Gasteiger partial charge >= 0.3 is 11.9 Å². The zero-order valence-corrected chi connectivity index (χ0v) is 33.7. The minimum atomic E-state index is -1.46. The average molecular weight is 763 g/mol. The number of unbranched alkanes of at least 4 members (excludes halogenated alkanes) is 18. The molecule has 5 aromatic rings. The number of carboxylic acid groups (broad SMARTS) is 2. The molecule has 0 fully saturated rings. The summed E-state index contributed by atoms with van der Waals surface area (Å²) in [5.41, 5.74) is -0.994. The minimum Gasteiger partial charge on any atom is -0.478 e. The highest BCUT2D eigenvalue weighted by Gasteiger charge is 2.33. The van der Waals surface area contributed by atoms with Crippen molar-refractivity contribution in [1.29, 1.82) is 0 Å². The largest absolute Gasteiger partial charge is 0.478 e. The first-order valence-corrected chi connectivity index (χ1v) is 21.5. The monoisotopic (exact) mass is 762 g/mol. The fourth-order valence-corrected chi connectivity index (χ4v) is 8.54. The van der Waals surface area contributed by atoms with Crippen LogP contribution in [-0.4, -0.2) is 47.1 Å². The first-order valence-electron chi connectivity index (χ1n) is 21.5. The number of aromatic carboxylic acids is 2. The van der Waals surface area contributed by atoms with Gasteiger partial charge in [-0.3, -0.25) is 9.59 Å². The molecule has 2 amide bonds. The maximum absolute atomic E-state index is 14.6. The van der Waals surface area contributed by atoms with E-state index >= 15 is 0 Å². The fourth-order valence-electron chi connectivity index (χ4n) is 8.54. The standard InChI is InChI=1S/C48H62N2O6/c1-3-5-7-9-11-13-15-17-19-21-31-49-45(51)42-40-36-28-24-26-33-25-23-27-34(38(33)36)35-29-30-37(47(53)54)41(39(35)40)44(48(55)56)43(42)46(52)50-32-22-20-18-16-14-12-10-8-6-4-2/h23-30H,3-22,31-32H2,1-2H3,(H,49,51)(H,50,52)(H,53,54)(H,55,56). The van der Waals surface area contributed by atoms with Gasteiger partial charge in [-0.25, -0.2) is 9.59 Å². The molecule has 4 N–H and O–H groups in total. The van der Waals surface area contributed by atoms with Crippen molar-refractivity contribution in [2.24, 2.45) is 0 Å². The predicted molar refractivity (Wildman–Crippen MR) is 230 cm³/mol. The third-order valence-corrected chi connectivity index (χ3v) is 11.4. The van der Waals surface area contributed by atoms with Crippen LogP contribution in [0.15, 0.2) is 48.5 Å². The summed E-state index contributed by atoms with van der Waals surface area (Å²) >= 11 is 0. The van der Waals surface area contributed by atoms with Crippen molar-refractivity contribution in [1.82, 2.24) is 10.6 Å². The van der Waals surface area contributed by atoms with E-state index in [4.69, 9.17) is 0 Å². The molecule has 0 saturated carbocycles. The van der Waals surface area contributed by atoms with E-state index in [2.05, 4.69) is 24.5 Å². The van der Waals surface area contributed by atoms with Crippen molar-refractivity contribution in [2.75, 3.05) is 13.1 Å². The Balaban J connectivity index is 1.49. The maximum atomic E-state index is 14.6. The molecule has 5 aromatic carbocycles. The van der Waals surface area contributed by atoms with Crippen molar-refractivity contribution >= 4 is 66.8 Å². The van der Waals surface area contributed by atoms with Gasteiger partial charge in [0.1, 0.15) is 0 Å². The van der Waals surface area contributed by atoms with E-state index in [0.29, 0.717) is 41.1 Å². The van der Waals surface area contributed by atoms with Gasteiger partial charge in [-0.2, -0.15) is 0 Å². The molecular weight excluding hydrogens is 701 g/mol. The Kier molecular flexibility index (Phi) is 16.3. The van der Waals surface area contributed by atoms with Gasteiger partial charge in [-0.05, 0) is 51.2 Å². The molecule has 0 aliphatic carbocycles. The quantitative estimate of drug-likeness (QED) is 0.0252. The SMILES string of the molecule is CCCCCCCCCCCCNC(=O)c1c(C(=O)O)c2c(C(=O)O)ccc3c4cccc5cccc(c(c1C(=O)NCCCCCCCCCCCC)c23)c54. The number of rotatable bonds is 26. The molecule has 8 heteroatoms. The number of fused-ring (bicyclic) bond motifs is 2. The van der Waals surface area contributed by atoms with Crippen LogP contribution in [0.5, 0.6) is 0 Å². The van der Waals surface area contributed by atoms with Crippen LogP contribution in [0, 0.1) is 0 Å². The van der Waals surface area contributed by atoms with Gasteiger partial charge in [0.25, 0.3) is 11.8 Å². The second-order valence-corrected chi connectivity index (χ2v) is 15.6. The molecule has 0 aliphatic rings. The number of hydrogen-bond acceptors (Lipinski definition) is 4. The molecule has 0 bridgehead atoms. The van der Waals surface area contributed by atoms with E-state index in [1.165, 1.54) is 83.1 Å². The van der Waals surface area contributed by atoms with Gasteiger partial charge in [-0.15, -0.1) is 0 Å². The zero-order valence-electron chi connectivity index (χ0n) is 33.7. The minimum absolute atomic E-state index is 0.0201. The second-order valence-electron chi connectivity index (χ2n) is 15.6. The summed E-state index contributed by atoms with van der Waals surface area (Å²) in [6, 6.07) is 14.7. The number of amides is 2. The van der Waals surface area contributed by atoms with Crippen LogP contribution in [0.3, 0.4) is 0 Å². The summed E-state index contributed by atoms with van der Waals surface area (Å²) in [5.74, 6) is -3.99. The maximum Gasteiger partial charge on any atom is 0.337 e. The van der Waals surface area contributed by atoms with E-state index in [-0.39, 0.29) is 22.1 Å². The molecule has 5 rings (SSSR count). The van der Waals surface area contributed by atoms with Crippen LogP contribution in [0.2, 0.25) is 0 Å². The number of nitrogens with one attached hydrogen (secondary N) is 2. The zero-order chi connectivity index (χ0) is 39.9. The first kappa shape index (κ1) is 42.4. The van der Waals surface area contributed by atoms with Crippen LogP contribution < -0.4 is 10.6 Å². The Labute approximate surface area is 332 Å². The highest BCUT2D eigenvalue weighted by Crippen LogP contribution is 2.45. The molecule has 300 valence electrons. The van der Waals surface area contributed by atoms with Gasteiger partial charge in [0.15, 0.2) is 0 Å². The summed E-state index contributed by atoms with van der Waals surface area (Å²) in [6.45, 7) is 5.13. The Morgan fingerprint density at radius 2 is 0.875 bits per heavy atom. The lowest BCUT2D eigenvalue weighted by Gasteiger charge is -2.23. The second kappa shape index (κ2) is 21.5. The van der Waals surface area contributed by atoms with Gasteiger partial charge in [0.05, 0.1) is 22.3 Å². The molecule has 56 heavy (non-hydrogen) atoms. The first-order chi connectivity index (χ1) is 27.3. The Bertz CT molecular complexity index is 2100. The summed E-state index contributed by atoms with van der Waals surface area (Å²) in [6.07, 6.45) is 22.8. The van der Waals surface area contributed by atoms with E-state index in [9.17, 15) is 29.4 Å². The smallest absolute Gasteiger partial charge is 0.337 e. The van der Waals surface area contributed by atoms with Crippen LogP contribution in [0.1, 0.15) is 184 Å². The van der Waals surface area contributed by atoms with Crippen LogP contribution in [0.4, 0.5) is 0 Å². The predicted octanol–water partition coefficient (Wildman–Crippen LogP) is 12.4. The molecule has 0 saturated heterocycles. The van der Waals surface area contributed by atoms with Crippen LogP contribution in [-0.2, 0) is 0 Å². The fraction of sp³-hybridized carbons (Fsp3) is 0.500. The van der Waals surface area contributed by atoms with E-state index in [0.717, 1.165) is 61.1 Å². The van der Waals surface area contributed by atoms with Crippen molar-refractivity contribution in [3.63, 3.8) is 0 Å². The van der Waals surface area contributed by atoms with Gasteiger partial charge in [-0.1, -0.05) is 172 Å². The number of carboxylic acids is 2. The Morgan fingerprint density at radius 3 is 1.36 bits per heavy atom. The number of benzene rings is 5.